The number of hydrogen-bond donors (Lipinski definition) is 1. The van der Waals surface area contributed by atoms with E-state index in [4.69, 9.17) is 4.42 Å². The molecule has 140 valence electrons. The molecule has 0 aliphatic carbocycles. The van der Waals surface area contributed by atoms with E-state index in [-0.39, 0.29) is 5.76 Å². The van der Waals surface area contributed by atoms with Gasteiger partial charge in [-0.1, -0.05) is 34.1 Å². The number of furan rings is 1. The summed E-state index contributed by atoms with van der Waals surface area (Å²) >= 11 is 6.87. The molecule has 4 aromatic rings. The molecule has 0 fully saturated rings. The molecule has 0 aliphatic rings. The Morgan fingerprint density at radius 2 is 1.89 bits per heavy atom. The first-order valence-electron chi connectivity index (χ1n) is 8.49. The van der Waals surface area contributed by atoms with E-state index in [1.165, 1.54) is 0 Å². The highest BCUT2D eigenvalue weighted by Gasteiger charge is 2.14. The van der Waals surface area contributed by atoms with Gasteiger partial charge in [-0.2, -0.15) is 5.10 Å². The summed E-state index contributed by atoms with van der Waals surface area (Å²) < 4.78 is 9.39. The van der Waals surface area contributed by atoms with Crippen molar-refractivity contribution in [1.29, 1.82) is 0 Å². The third-order valence-electron chi connectivity index (χ3n) is 4.24. The summed E-state index contributed by atoms with van der Waals surface area (Å²) in [6.07, 6.45) is 1.62. The van der Waals surface area contributed by atoms with Crippen LogP contribution in [0, 0.1) is 6.92 Å². The third kappa shape index (κ3) is 3.68. The molecule has 0 atom stereocenters. The van der Waals surface area contributed by atoms with E-state index in [0.717, 1.165) is 31.4 Å². The first-order valence-corrected chi connectivity index (χ1v) is 10.1. The molecule has 0 aliphatic heterocycles. The number of benzene rings is 2. The van der Waals surface area contributed by atoms with Crippen LogP contribution in [-0.4, -0.2) is 16.7 Å². The van der Waals surface area contributed by atoms with Crippen LogP contribution < -0.4 is 5.43 Å². The summed E-state index contributed by atoms with van der Waals surface area (Å²) in [5.74, 6) is -0.217. The smallest absolute Gasteiger partial charge is 0.307 e. The number of nitrogens with zero attached hydrogens (tertiary/aromatic N) is 2. The maximum absolute atomic E-state index is 12.4. The standard InChI is InChI=1S/C21H15Br2N3O2/c1-13-7-8-17(26(13)16-5-3-2-4-6-16)12-24-25-21(27)19-10-14-9-15(22)11-18(23)20(14)28-19/h2-12H,1H3,(H,25,27)/b24-12+. The zero-order chi connectivity index (χ0) is 19.7. The van der Waals surface area contributed by atoms with E-state index >= 15 is 0 Å². The number of para-hydroxylation sites is 1. The fourth-order valence-corrected chi connectivity index (χ4v) is 4.33. The number of nitrogens with one attached hydrogen (secondary N) is 1. The number of rotatable bonds is 4. The topological polar surface area (TPSA) is 59.5 Å². The van der Waals surface area contributed by atoms with E-state index < -0.39 is 5.91 Å². The maximum Gasteiger partial charge on any atom is 0.307 e. The van der Waals surface area contributed by atoms with Crippen molar-refractivity contribution in [2.45, 2.75) is 6.92 Å². The highest BCUT2D eigenvalue weighted by atomic mass is 79.9. The fourth-order valence-electron chi connectivity index (χ4n) is 2.99. The average Bonchev–Trinajstić information content (AvgIpc) is 3.26. The molecule has 2 aromatic carbocycles. The van der Waals surface area contributed by atoms with Gasteiger partial charge in [0, 0.05) is 21.2 Å². The number of hydrazone groups is 1. The van der Waals surface area contributed by atoms with Gasteiger partial charge in [0.2, 0.25) is 0 Å². The highest BCUT2D eigenvalue weighted by Crippen LogP contribution is 2.30. The van der Waals surface area contributed by atoms with Crippen molar-refractivity contribution >= 4 is 55.0 Å². The molecule has 7 heteroatoms. The van der Waals surface area contributed by atoms with Gasteiger partial charge in [-0.15, -0.1) is 0 Å². The van der Waals surface area contributed by atoms with Crippen molar-refractivity contribution in [3.63, 3.8) is 0 Å². The molecule has 0 unspecified atom stereocenters. The Kier molecular flexibility index (Phi) is 5.19. The molecule has 0 spiro atoms. The van der Waals surface area contributed by atoms with Gasteiger partial charge in [-0.3, -0.25) is 4.79 Å². The van der Waals surface area contributed by atoms with Crippen LogP contribution in [0.4, 0.5) is 0 Å². The Hall–Kier alpha value is -2.64. The Morgan fingerprint density at radius 1 is 1.11 bits per heavy atom. The summed E-state index contributed by atoms with van der Waals surface area (Å²) in [5.41, 5.74) is 6.11. The Labute approximate surface area is 178 Å². The summed E-state index contributed by atoms with van der Waals surface area (Å²) in [4.78, 5) is 12.4. The minimum atomic E-state index is -0.412. The van der Waals surface area contributed by atoms with Crippen LogP contribution in [-0.2, 0) is 0 Å². The molecule has 0 bridgehead atoms. The first-order chi connectivity index (χ1) is 13.5. The number of fused-ring (bicyclic) bond motifs is 1. The van der Waals surface area contributed by atoms with Crippen molar-refractivity contribution in [3.8, 4) is 5.69 Å². The van der Waals surface area contributed by atoms with Crippen LogP contribution in [0.2, 0.25) is 0 Å². The first kappa shape index (κ1) is 18.7. The predicted octanol–water partition coefficient (Wildman–Crippen LogP) is 5.82. The number of aromatic nitrogens is 1. The summed E-state index contributed by atoms with van der Waals surface area (Å²) in [7, 11) is 0. The van der Waals surface area contributed by atoms with Gasteiger partial charge in [0.25, 0.3) is 0 Å². The van der Waals surface area contributed by atoms with Gasteiger partial charge in [0.1, 0.15) is 5.58 Å². The second-order valence-corrected chi connectivity index (χ2v) is 7.96. The molecule has 0 saturated heterocycles. The van der Waals surface area contributed by atoms with Crippen molar-refractivity contribution in [3.05, 3.63) is 86.8 Å². The van der Waals surface area contributed by atoms with Crippen LogP contribution in [0.15, 0.2) is 79.1 Å². The summed E-state index contributed by atoms with van der Waals surface area (Å²) in [5, 5.41) is 4.92. The van der Waals surface area contributed by atoms with E-state index in [2.05, 4.69) is 47.0 Å². The molecule has 0 radical (unpaired) electrons. The van der Waals surface area contributed by atoms with Gasteiger partial charge in [-0.25, -0.2) is 5.43 Å². The normalized spacial score (nSPS) is 11.4. The number of amides is 1. The van der Waals surface area contributed by atoms with Gasteiger partial charge < -0.3 is 8.98 Å². The van der Waals surface area contributed by atoms with E-state index in [0.29, 0.717) is 5.58 Å². The van der Waals surface area contributed by atoms with Crippen LogP contribution in [0.5, 0.6) is 0 Å². The lowest BCUT2D eigenvalue weighted by Crippen LogP contribution is -2.17. The maximum atomic E-state index is 12.4. The molecule has 5 nitrogen and oxygen atoms in total. The molecule has 0 saturated carbocycles. The monoisotopic (exact) mass is 499 g/mol. The quantitative estimate of drug-likeness (QED) is 0.283. The molecular formula is C21H15Br2N3O2. The molecule has 28 heavy (non-hydrogen) atoms. The van der Waals surface area contributed by atoms with Gasteiger partial charge in [0.15, 0.2) is 5.76 Å². The largest absolute Gasteiger partial charge is 0.450 e. The highest BCUT2D eigenvalue weighted by molar-refractivity contribution is 9.11. The number of carbonyl (C=O) groups is 1. The number of aryl methyl sites for hydroxylation is 1. The average molecular weight is 501 g/mol. The van der Waals surface area contributed by atoms with Crippen molar-refractivity contribution in [2.24, 2.45) is 5.10 Å². The number of halogens is 2. The fraction of sp³-hybridized carbons (Fsp3) is 0.0476. The van der Waals surface area contributed by atoms with E-state index in [1.54, 1.807) is 12.3 Å². The second-order valence-electron chi connectivity index (χ2n) is 6.19. The van der Waals surface area contributed by atoms with Crippen molar-refractivity contribution in [2.75, 3.05) is 0 Å². The lowest BCUT2D eigenvalue weighted by atomic mass is 10.2. The summed E-state index contributed by atoms with van der Waals surface area (Å²) in [6.45, 7) is 2.02. The minimum Gasteiger partial charge on any atom is -0.450 e. The number of carbonyl (C=O) groups excluding carboxylic acids is 1. The van der Waals surface area contributed by atoms with Gasteiger partial charge >= 0.3 is 5.91 Å². The predicted molar refractivity (Wildman–Crippen MR) is 117 cm³/mol. The minimum absolute atomic E-state index is 0.195. The molecule has 1 amide bonds. The van der Waals surface area contributed by atoms with Gasteiger partial charge in [0.05, 0.1) is 16.4 Å². The Bertz CT molecular complexity index is 1190. The zero-order valence-electron chi connectivity index (χ0n) is 14.8. The van der Waals surface area contributed by atoms with E-state index in [9.17, 15) is 4.79 Å². The lowest BCUT2D eigenvalue weighted by Gasteiger charge is -2.08. The van der Waals surface area contributed by atoms with Crippen LogP contribution in [0.3, 0.4) is 0 Å². The van der Waals surface area contributed by atoms with Gasteiger partial charge in [-0.05, 0) is 65.3 Å². The summed E-state index contributed by atoms with van der Waals surface area (Å²) in [6, 6.07) is 19.4. The third-order valence-corrected chi connectivity index (χ3v) is 5.29. The molecule has 2 heterocycles. The lowest BCUT2D eigenvalue weighted by molar-refractivity contribution is 0.0929. The van der Waals surface area contributed by atoms with Crippen LogP contribution in [0.1, 0.15) is 21.9 Å². The molecular weight excluding hydrogens is 486 g/mol. The van der Waals surface area contributed by atoms with E-state index in [1.807, 2.05) is 61.5 Å². The SMILES string of the molecule is Cc1ccc(/C=N/NC(=O)c2cc3cc(Br)cc(Br)c3o2)n1-c1ccccc1. The Balaban J connectivity index is 1.55. The second kappa shape index (κ2) is 7.77. The molecule has 4 rings (SSSR count). The number of hydrogen-bond acceptors (Lipinski definition) is 3. The molecule has 1 N–H and O–H groups in total. The van der Waals surface area contributed by atoms with Crippen LogP contribution in [0.25, 0.3) is 16.7 Å². The molecule has 2 aromatic heterocycles. The Morgan fingerprint density at radius 3 is 2.68 bits per heavy atom. The van der Waals surface area contributed by atoms with Crippen molar-refractivity contribution in [1.82, 2.24) is 9.99 Å². The zero-order valence-corrected chi connectivity index (χ0v) is 18.0. The van der Waals surface area contributed by atoms with Crippen LogP contribution >= 0.6 is 31.9 Å². The van der Waals surface area contributed by atoms with Crippen molar-refractivity contribution < 1.29 is 9.21 Å².